The van der Waals surface area contributed by atoms with Gasteiger partial charge >= 0.3 is 11.9 Å². The Morgan fingerprint density at radius 2 is 1.76 bits per heavy atom. The first-order valence-corrected chi connectivity index (χ1v) is 8.79. The Bertz CT molecular complexity index is 619. The number of hydrogen-bond acceptors (Lipinski definition) is 6. The second kappa shape index (κ2) is 7.54. The van der Waals surface area contributed by atoms with E-state index in [9.17, 15) is 9.59 Å². The maximum Gasteiger partial charge on any atom is 0.347 e. The maximum absolute atomic E-state index is 12.2. The molecule has 4 atom stereocenters. The molecule has 0 N–H and O–H groups in total. The zero-order valence-electron chi connectivity index (χ0n) is 14.9. The van der Waals surface area contributed by atoms with Gasteiger partial charge in [-0.3, -0.25) is 4.90 Å². The van der Waals surface area contributed by atoms with Crippen molar-refractivity contribution in [1.29, 1.82) is 0 Å². The van der Waals surface area contributed by atoms with Gasteiger partial charge in [0.1, 0.15) is 6.10 Å². The van der Waals surface area contributed by atoms with E-state index in [4.69, 9.17) is 14.2 Å². The van der Waals surface area contributed by atoms with Crippen LogP contribution in [-0.2, 0) is 25.5 Å². The van der Waals surface area contributed by atoms with Crippen LogP contribution in [0.4, 0.5) is 0 Å². The lowest BCUT2D eigenvalue weighted by atomic mass is 10.1. The summed E-state index contributed by atoms with van der Waals surface area (Å²) in [5.74, 6) is -0.954. The third-order valence-electron chi connectivity index (χ3n) is 4.47. The van der Waals surface area contributed by atoms with Gasteiger partial charge in [-0.05, 0) is 38.5 Å². The second-order valence-corrected chi connectivity index (χ2v) is 7.03. The number of carbonyl (C=O) groups is 2. The largest absolute Gasteiger partial charge is 0.460 e. The lowest BCUT2D eigenvalue weighted by molar-refractivity contribution is -0.147. The van der Waals surface area contributed by atoms with Crippen LogP contribution < -0.4 is 0 Å². The molecule has 6 heteroatoms. The zero-order chi connectivity index (χ0) is 18.0. The van der Waals surface area contributed by atoms with E-state index >= 15 is 0 Å². The summed E-state index contributed by atoms with van der Waals surface area (Å²) in [4.78, 5) is 26.1. The third-order valence-corrected chi connectivity index (χ3v) is 4.47. The second-order valence-electron chi connectivity index (χ2n) is 7.03. The van der Waals surface area contributed by atoms with Crippen molar-refractivity contribution in [3.8, 4) is 0 Å². The number of benzene rings is 1. The van der Waals surface area contributed by atoms with Gasteiger partial charge in [-0.1, -0.05) is 12.1 Å². The van der Waals surface area contributed by atoms with E-state index in [2.05, 4.69) is 18.7 Å². The highest BCUT2D eigenvalue weighted by Crippen LogP contribution is 2.19. The molecule has 0 aliphatic carbocycles. The Kier molecular flexibility index (Phi) is 5.39. The molecule has 0 spiro atoms. The summed E-state index contributed by atoms with van der Waals surface area (Å²) in [6.45, 7) is 8.56. The number of cyclic esters (lactones) is 1. The molecule has 0 amide bonds. The van der Waals surface area contributed by atoms with Gasteiger partial charge in [0.15, 0.2) is 0 Å². The van der Waals surface area contributed by atoms with Gasteiger partial charge in [-0.15, -0.1) is 0 Å². The Balaban J connectivity index is 1.56. The molecule has 0 unspecified atom stereocenters. The molecule has 136 valence electrons. The van der Waals surface area contributed by atoms with Gasteiger partial charge in [-0.25, -0.2) is 9.59 Å². The number of rotatable bonds is 4. The van der Waals surface area contributed by atoms with E-state index in [1.54, 1.807) is 19.1 Å². The van der Waals surface area contributed by atoms with Crippen molar-refractivity contribution in [1.82, 2.24) is 4.90 Å². The van der Waals surface area contributed by atoms with Crippen LogP contribution in [-0.4, -0.2) is 54.3 Å². The Morgan fingerprint density at radius 1 is 1.12 bits per heavy atom. The van der Waals surface area contributed by atoms with E-state index in [-0.39, 0.29) is 18.3 Å². The molecule has 0 bridgehead atoms. The number of morpholine rings is 1. The fraction of sp³-hybridized carbons (Fsp3) is 0.579. The van der Waals surface area contributed by atoms with Crippen LogP contribution in [0.15, 0.2) is 24.3 Å². The van der Waals surface area contributed by atoms with Crippen LogP contribution in [0.1, 0.15) is 43.1 Å². The van der Waals surface area contributed by atoms with Crippen LogP contribution >= 0.6 is 0 Å². The van der Waals surface area contributed by atoms with Crippen molar-refractivity contribution in [2.45, 2.75) is 58.2 Å². The summed E-state index contributed by atoms with van der Waals surface area (Å²) in [5, 5.41) is 0. The number of nitrogens with zero attached hydrogens (tertiary/aromatic N) is 1. The fourth-order valence-corrected chi connectivity index (χ4v) is 3.43. The lowest BCUT2D eigenvalue weighted by Crippen LogP contribution is -2.44. The summed E-state index contributed by atoms with van der Waals surface area (Å²) in [7, 11) is 0. The minimum absolute atomic E-state index is 0.203. The molecule has 2 aliphatic heterocycles. The Hall–Kier alpha value is -1.92. The third kappa shape index (κ3) is 4.58. The molecule has 2 aliphatic rings. The molecule has 1 aromatic rings. The number of hydrogen-bond donors (Lipinski definition) is 0. The number of esters is 2. The van der Waals surface area contributed by atoms with Crippen molar-refractivity contribution in [2.24, 2.45) is 0 Å². The highest BCUT2D eigenvalue weighted by molar-refractivity contribution is 5.91. The van der Waals surface area contributed by atoms with Crippen molar-refractivity contribution in [2.75, 3.05) is 13.1 Å². The summed E-state index contributed by atoms with van der Waals surface area (Å²) in [6, 6.07) is 7.34. The van der Waals surface area contributed by atoms with Crippen molar-refractivity contribution < 1.29 is 23.8 Å². The quantitative estimate of drug-likeness (QED) is 0.778. The highest BCUT2D eigenvalue weighted by Gasteiger charge is 2.35. The highest BCUT2D eigenvalue weighted by atomic mass is 16.6. The maximum atomic E-state index is 12.2. The molecule has 1 aromatic carbocycles. The fourth-order valence-electron chi connectivity index (χ4n) is 3.43. The van der Waals surface area contributed by atoms with Gasteiger partial charge < -0.3 is 14.2 Å². The van der Waals surface area contributed by atoms with Crippen molar-refractivity contribution >= 4 is 11.9 Å². The average Bonchev–Trinajstić information content (AvgIpc) is 2.84. The molecule has 0 saturated carbocycles. The summed E-state index contributed by atoms with van der Waals surface area (Å²) in [5.41, 5.74) is 1.58. The number of carbonyl (C=O) groups excluding carboxylic acids is 2. The van der Waals surface area contributed by atoms with Gasteiger partial charge in [-0.2, -0.15) is 0 Å². The van der Waals surface area contributed by atoms with E-state index in [1.165, 1.54) is 0 Å². The Labute approximate surface area is 148 Å². The van der Waals surface area contributed by atoms with Crippen LogP contribution in [0, 0.1) is 0 Å². The first-order valence-electron chi connectivity index (χ1n) is 8.79. The molecule has 6 nitrogen and oxygen atoms in total. The average molecular weight is 347 g/mol. The normalized spacial score (nSPS) is 30.1. The minimum atomic E-state index is -0.793. The smallest absolute Gasteiger partial charge is 0.347 e. The van der Waals surface area contributed by atoms with Crippen LogP contribution in [0.5, 0.6) is 0 Å². The first kappa shape index (κ1) is 17.9. The van der Waals surface area contributed by atoms with E-state index < -0.39 is 18.0 Å². The van der Waals surface area contributed by atoms with Crippen molar-refractivity contribution in [3.05, 3.63) is 35.4 Å². The van der Waals surface area contributed by atoms with E-state index in [0.29, 0.717) is 12.0 Å². The monoisotopic (exact) mass is 347 g/mol. The topological polar surface area (TPSA) is 65.1 Å². The minimum Gasteiger partial charge on any atom is -0.460 e. The molecule has 3 rings (SSSR count). The molecular weight excluding hydrogens is 322 g/mol. The predicted octanol–water partition coefficient (Wildman–Crippen LogP) is 2.16. The lowest BCUT2D eigenvalue weighted by Gasteiger charge is -2.35. The SMILES string of the molecule is C[C@@H]1C[C@H](OC(=O)c2ccc(CN3C[C@H](C)O[C@@H](C)C3)cc2)C(=O)O1. The summed E-state index contributed by atoms with van der Waals surface area (Å²) < 4.78 is 16.0. The molecule has 0 radical (unpaired) electrons. The van der Waals surface area contributed by atoms with Crippen LogP contribution in [0.3, 0.4) is 0 Å². The van der Waals surface area contributed by atoms with Gasteiger partial charge in [0, 0.05) is 26.1 Å². The summed E-state index contributed by atoms with van der Waals surface area (Å²) in [6.07, 6.45) is -0.127. The molecule has 0 aromatic heterocycles. The zero-order valence-corrected chi connectivity index (χ0v) is 14.9. The van der Waals surface area contributed by atoms with Crippen molar-refractivity contribution in [3.63, 3.8) is 0 Å². The van der Waals surface area contributed by atoms with Gasteiger partial charge in [0.25, 0.3) is 0 Å². The number of ether oxygens (including phenoxy) is 3. The van der Waals surface area contributed by atoms with Gasteiger partial charge in [0.2, 0.25) is 6.10 Å². The standard InChI is InChI=1S/C19H25NO5/c1-12-8-17(19(22)24-12)25-18(21)16-6-4-15(5-7-16)11-20-9-13(2)23-14(3)10-20/h4-7,12-14,17H,8-11H2,1-3H3/t12-,13+,14+,17+/m1/s1. The van der Waals surface area contributed by atoms with Crippen LogP contribution in [0.2, 0.25) is 0 Å². The van der Waals surface area contributed by atoms with Crippen LogP contribution in [0.25, 0.3) is 0 Å². The van der Waals surface area contributed by atoms with Gasteiger partial charge in [0.05, 0.1) is 17.8 Å². The molecule has 2 heterocycles. The first-order chi connectivity index (χ1) is 11.9. The molecule has 2 saturated heterocycles. The predicted molar refractivity (Wildman–Crippen MR) is 91.1 cm³/mol. The molecule has 25 heavy (non-hydrogen) atoms. The molecule has 2 fully saturated rings. The molecular formula is C19H25NO5. The Morgan fingerprint density at radius 3 is 2.32 bits per heavy atom. The van der Waals surface area contributed by atoms with E-state index in [0.717, 1.165) is 25.2 Å². The van der Waals surface area contributed by atoms with E-state index in [1.807, 2.05) is 12.1 Å². The summed E-state index contributed by atoms with van der Waals surface area (Å²) >= 11 is 0.